The molecule has 0 unspecified atom stereocenters. The van der Waals surface area contributed by atoms with Crippen molar-refractivity contribution in [1.82, 2.24) is 10.6 Å². The Morgan fingerprint density at radius 2 is 2.27 bits per heavy atom. The summed E-state index contributed by atoms with van der Waals surface area (Å²) in [5.74, 6) is 0.0643. The van der Waals surface area contributed by atoms with Gasteiger partial charge < -0.3 is 10.6 Å². The first kappa shape index (κ1) is 10.6. The van der Waals surface area contributed by atoms with Gasteiger partial charge in [-0.15, -0.1) is 11.3 Å². The fraction of sp³-hybridized carbons (Fsp3) is 0.545. The summed E-state index contributed by atoms with van der Waals surface area (Å²) in [6, 6.07) is 3.77. The molecule has 1 aliphatic rings. The molecule has 0 atom stereocenters. The van der Waals surface area contributed by atoms with Crippen LogP contribution in [0.15, 0.2) is 17.5 Å². The summed E-state index contributed by atoms with van der Waals surface area (Å²) in [4.78, 5) is 12.7. The molecular weight excluding hydrogens is 208 g/mol. The standard InChI is InChI=1S/C11H16N2OS/c1-11(4-6-12-7-5-11)13-10(14)9-3-2-8-15-9/h2-3,8,12H,4-7H2,1H3,(H,13,14). The number of amides is 1. The lowest BCUT2D eigenvalue weighted by Gasteiger charge is -2.34. The summed E-state index contributed by atoms with van der Waals surface area (Å²) in [7, 11) is 0. The Kier molecular flexibility index (Phi) is 3.07. The van der Waals surface area contributed by atoms with Crippen molar-refractivity contribution in [2.75, 3.05) is 13.1 Å². The van der Waals surface area contributed by atoms with Gasteiger partial charge in [-0.2, -0.15) is 0 Å². The zero-order valence-electron chi connectivity index (χ0n) is 8.88. The highest BCUT2D eigenvalue weighted by Gasteiger charge is 2.28. The van der Waals surface area contributed by atoms with E-state index in [1.54, 1.807) is 0 Å². The van der Waals surface area contributed by atoms with Crippen LogP contribution >= 0.6 is 11.3 Å². The molecule has 1 saturated heterocycles. The monoisotopic (exact) mass is 224 g/mol. The van der Waals surface area contributed by atoms with E-state index in [1.807, 2.05) is 17.5 Å². The van der Waals surface area contributed by atoms with E-state index < -0.39 is 0 Å². The van der Waals surface area contributed by atoms with E-state index in [-0.39, 0.29) is 11.4 Å². The quantitative estimate of drug-likeness (QED) is 0.801. The minimum absolute atomic E-state index is 0.0354. The maximum atomic E-state index is 11.9. The summed E-state index contributed by atoms with van der Waals surface area (Å²) >= 11 is 1.49. The van der Waals surface area contributed by atoms with Crippen LogP contribution in [0.1, 0.15) is 29.4 Å². The van der Waals surface area contributed by atoms with E-state index in [0.717, 1.165) is 30.8 Å². The predicted molar refractivity (Wildman–Crippen MR) is 62.3 cm³/mol. The van der Waals surface area contributed by atoms with Gasteiger partial charge in [-0.1, -0.05) is 6.07 Å². The van der Waals surface area contributed by atoms with Crippen molar-refractivity contribution in [3.63, 3.8) is 0 Å². The van der Waals surface area contributed by atoms with Crippen LogP contribution in [0.5, 0.6) is 0 Å². The van der Waals surface area contributed by atoms with Gasteiger partial charge in [-0.3, -0.25) is 4.79 Å². The molecule has 1 amide bonds. The van der Waals surface area contributed by atoms with E-state index >= 15 is 0 Å². The topological polar surface area (TPSA) is 41.1 Å². The number of rotatable bonds is 2. The highest BCUT2D eigenvalue weighted by atomic mass is 32.1. The highest BCUT2D eigenvalue weighted by Crippen LogP contribution is 2.19. The molecule has 0 spiro atoms. The van der Waals surface area contributed by atoms with Crippen LogP contribution < -0.4 is 10.6 Å². The molecule has 2 heterocycles. The van der Waals surface area contributed by atoms with Crippen LogP contribution in [0.2, 0.25) is 0 Å². The molecule has 4 heteroatoms. The molecule has 3 nitrogen and oxygen atoms in total. The Morgan fingerprint density at radius 1 is 1.53 bits per heavy atom. The lowest BCUT2D eigenvalue weighted by molar-refractivity contribution is 0.0892. The van der Waals surface area contributed by atoms with Gasteiger partial charge in [0.2, 0.25) is 0 Å². The molecular formula is C11H16N2OS. The Hall–Kier alpha value is -0.870. The normalized spacial score (nSPS) is 19.8. The van der Waals surface area contributed by atoms with Gasteiger partial charge in [0, 0.05) is 5.54 Å². The van der Waals surface area contributed by atoms with Crippen molar-refractivity contribution >= 4 is 17.2 Å². The Bertz CT molecular complexity index is 328. The Morgan fingerprint density at radius 3 is 2.87 bits per heavy atom. The van der Waals surface area contributed by atoms with E-state index in [0.29, 0.717) is 0 Å². The van der Waals surface area contributed by atoms with Crippen LogP contribution in [0.4, 0.5) is 0 Å². The second kappa shape index (κ2) is 4.33. The molecule has 0 radical (unpaired) electrons. The number of hydrogen-bond donors (Lipinski definition) is 2. The molecule has 0 aliphatic carbocycles. The lowest BCUT2D eigenvalue weighted by atomic mass is 9.90. The van der Waals surface area contributed by atoms with Gasteiger partial charge in [0.15, 0.2) is 0 Å². The third-order valence-electron chi connectivity index (χ3n) is 2.87. The molecule has 0 bridgehead atoms. The Balaban J connectivity index is 1.98. The van der Waals surface area contributed by atoms with Crippen LogP contribution in [-0.4, -0.2) is 24.5 Å². The fourth-order valence-electron chi connectivity index (χ4n) is 1.85. The van der Waals surface area contributed by atoms with Crippen LogP contribution in [0.25, 0.3) is 0 Å². The fourth-order valence-corrected chi connectivity index (χ4v) is 2.47. The zero-order chi connectivity index (χ0) is 10.7. The molecule has 1 aromatic rings. The van der Waals surface area contributed by atoms with Crippen molar-refractivity contribution in [2.45, 2.75) is 25.3 Å². The third-order valence-corrected chi connectivity index (χ3v) is 3.74. The number of thiophene rings is 1. The summed E-state index contributed by atoms with van der Waals surface area (Å²) in [5.41, 5.74) is -0.0354. The number of piperidine rings is 1. The predicted octanol–water partition coefficient (Wildman–Crippen LogP) is 1.62. The molecule has 15 heavy (non-hydrogen) atoms. The number of nitrogens with one attached hydrogen (secondary N) is 2. The highest BCUT2D eigenvalue weighted by molar-refractivity contribution is 7.12. The van der Waals surface area contributed by atoms with Gasteiger partial charge in [0.1, 0.15) is 0 Å². The van der Waals surface area contributed by atoms with Gasteiger partial charge >= 0.3 is 0 Å². The molecule has 1 aliphatic heterocycles. The van der Waals surface area contributed by atoms with Gasteiger partial charge in [-0.05, 0) is 44.3 Å². The Labute approximate surface area is 93.9 Å². The molecule has 1 fully saturated rings. The average molecular weight is 224 g/mol. The second-order valence-corrected chi connectivity index (χ2v) is 5.19. The first-order valence-electron chi connectivity index (χ1n) is 5.26. The van der Waals surface area contributed by atoms with E-state index in [1.165, 1.54) is 11.3 Å². The maximum Gasteiger partial charge on any atom is 0.261 e. The number of carbonyl (C=O) groups excluding carboxylic acids is 1. The molecule has 0 aromatic carbocycles. The van der Waals surface area contributed by atoms with Gasteiger partial charge in [0.05, 0.1) is 4.88 Å². The SMILES string of the molecule is CC1(NC(=O)c2cccs2)CCNCC1. The van der Waals surface area contributed by atoms with Crippen LogP contribution in [-0.2, 0) is 0 Å². The van der Waals surface area contributed by atoms with E-state index in [9.17, 15) is 4.79 Å². The molecule has 2 rings (SSSR count). The number of hydrogen-bond acceptors (Lipinski definition) is 3. The zero-order valence-corrected chi connectivity index (χ0v) is 9.69. The first-order valence-corrected chi connectivity index (χ1v) is 6.14. The largest absolute Gasteiger partial charge is 0.346 e. The average Bonchev–Trinajstić information content (AvgIpc) is 2.70. The van der Waals surface area contributed by atoms with Crippen molar-refractivity contribution in [2.24, 2.45) is 0 Å². The molecule has 1 aromatic heterocycles. The van der Waals surface area contributed by atoms with Crippen LogP contribution in [0.3, 0.4) is 0 Å². The molecule has 0 saturated carbocycles. The maximum absolute atomic E-state index is 11.9. The molecule has 82 valence electrons. The van der Waals surface area contributed by atoms with Crippen LogP contribution in [0, 0.1) is 0 Å². The minimum atomic E-state index is -0.0354. The molecule has 2 N–H and O–H groups in total. The number of carbonyl (C=O) groups is 1. The minimum Gasteiger partial charge on any atom is -0.346 e. The first-order chi connectivity index (χ1) is 7.20. The second-order valence-electron chi connectivity index (χ2n) is 4.24. The van der Waals surface area contributed by atoms with Crippen molar-refractivity contribution in [3.05, 3.63) is 22.4 Å². The summed E-state index contributed by atoms with van der Waals surface area (Å²) < 4.78 is 0. The smallest absolute Gasteiger partial charge is 0.261 e. The summed E-state index contributed by atoms with van der Waals surface area (Å²) in [6.45, 7) is 4.10. The van der Waals surface area contributed by atoms with Crippen molar-refractivity contribution in [1.29, 1.82) is 0 Å². The van der Waals surface area contributed by atoms with Crippen molar-refractivity contribution < 1.29 is 4.79 Å². The van der Waals surface area contributed by atoms with E-state index in [4.69, 9.17) is 0 Å². The van der Waals surface area contributed by atoms with Gasteiger partial charge in [0.25, 0.3) is 5.91 Å². The lowest BCUT2D eigenvalue weighted by Crippen LogP contribution is -2.52. The van der Waals surface area contributed by atoms with Gasteiger partial charge in [-0.25, -0.2) is 0 Å². The third kappa shape index (κ3) is 2.58. The van der Waals surface area contributed by atoms with E-state index in [2.05, 4.69) is 17.6 Å². The summed E-state index contributed by atoms with van der Waals surface area (Å²) in [5, 5.41) is 8.36. The summed E-state index contributed by atoms with van der Waals surface area (Å²) in [6.07, 6.45) is 2.01. The van der Waals surface area contributed by atoms with Crippen molar-refractivity contribution in [3.8, 4) is 0 Å².